The normalized spacial score (nSPS) is 28.2. The van der Waals surface area contributed by atoms with Gasteiger partial charge < -0.3 is 10.4 Å². The van der Waals surface area contributed by atoms with Crippen LogP contribution in [0.5, 0.6) is 0 Å². The van der Waals surface area contributed by atoms with Gasteiger partial charge in [-0.25, -0.2) is 4.90 Å². The molecule has 10 heteroatoms. The van der Waals surface area contributed by atoms with Gasteiger partial charge in [-0.05, 0) is 30.7 Å². The molecule has 3 aliphatic rings. The van der Waals surface area contributed by atoms with E-state index >= 15 is 0 Å². The van der Waals surface area contributed by atoms with E-state index in [0.717, 1.165) is 4.90 Å². The molecule has 3 amide bonds. The summed E-state index contributed by atoms with van der Waals surface area (Å²) in [5.41, 5.74) is -0.101. The van der Waals surface area contributed by atoms with Crippen molar-refractivity contribution in [1.29, 1.82) is 0 Å². The lowest BCUT2D eigenvalue weighted by Gasteiger charge is -2.29. The average molecular weight is 474 g/mol. The van der Waals surface area contributed by atoms with Crippen LogP contribution in [-0.2, 0) is 24.7 Å². The van der Waals surface area contributed by atoms with Gasteiger partial charge in [-0.3, -0.25) is 24.5 Å². The molecule has 164 valence electrons. The first-order valence-electron chi connectivity index (χ1n) is 9.99. The number of carboxylic acids is 1. The van der Waals surface area contributed by atoms with Gasteiger partial charge in [0, 0.05) is 23.7 Å². The fourth-order valence-corrected chi connectivity index (χ4v) is 5.46. The molecular formula is C22H17Cl2N3O5. The molecule has 5 rings (SSSR count). The van der Waals surface area contributed by atoms with E-state index in [9.17, 15) is 24.3 Å². The number of imide groups is 1. The highest BCUT2D eigenvalue weighted by Crippen LogP contribution is 2.54. The molecule has 2 fully saturated rings. The summed E-state index contributed by atoms with van der Waals surface area (Å²) in [6, 6.07) is 10.7. The predicted molar refractivity (Wildman–Crippen MR) is 116 cm³/mol. The van der Waals surface area contributed by atoms with Crippen molar-refractivity contribution in [2.45, 2.75) is 24.4 Å². The molecule has 1 spiro atoms. The summed E-state index contributed by atoms with van der Waals surface area (Å²) in [6.07, 6.45) is -0.129. The van der Waals surface area contributed by atoms with E-state index in [1.165, 1.54) is 18.2 Å². The summed E-state index contributed by atoms with van der Waals surface area (Å²) >= 11 is 12.1. The van der Waals surface area contributed by atoms with Gasteiger partial charge in [0.1, 0.15) is 5.54 Å². The van der Waals surface area contributed by atoms with E-state index in [-0.39, 0.29) is 28.6 Å². The Labute approximate surface area is 192 Å². The quantitative estimate of drug-likeness (QED) is 0.587. The van der Waals surface area contributed by atoms with Crippen LogP contribution in [0.2, 0.25) is 10.0 Å². The van der Waals surface area contributed by atoms with Gasteiger partial charge in [-0.15, -0.1) is 0 Å². The molecule has 32 heavy (non-hydrogen) atoms. The number of amides is 3. The van der Waals surface area contributed by atoms with Crippen LogP contribution in [-0.4, -0.2) is 34.8 Å². The molecule has 0 aliphatic carbocycles. The number of benzene rings is 2. The zero-order valence-corrected chi connectivity index (χ0v) is 18.0. The van der Waals surface area contributed by atoms with Crippen molar-refractivity contribution in [3.63, 3.8) is 0 Å². The molecule has 2 aromatic carbocycles. The number of halogens is 2. The van der Waals surface area contributed by atoms with Gasteiger partial charge >= 0.3 is 5.97 Å². The molecule has 2 saturated heterocycles. The lowest BCUT2D eigenvalue weighted by Crippen LogP contribution is -2.53. The third kappa shape index (κ3) is 2.80. The summed E-state index contributed by atoms with van der Waals surface area (Å²) in [4.78, 5) is 52.7. The van der Waals surface area contributed by atoms with Crippen LogP contribution in [0.25, 0.3) is 0 Å². The average Bonchev–Trinajstić information content (AvgIpc) is 3.33. The number of aliphatic carboxylic acids is 1. The van der Waals surface area contributed by atoms with E-state index in [0.29, 0.717) is 11.3 Å². The third-order valence-electron chi connectivity index (χ3n) is 6.45. The maximum atomic E-state index is 13.7. The van der Waals surface area contributed by atoms with Gasteiger partial charge in [0.2, 0.25) is 17.7 Å². The number of hydrogen-bond acceptors (Lipinski definition) is 5. The number of rotatable bonds is 4. The Hall–Kier alpha value is -2.94. The highest BCUT2D eigenvalue weighted by molar-refractivity contribution is 6.42. The third-order valence-corrected chi connectivity index (χ3v) is 7.19. The Morgan fingerprint density at radius 1 is 1.06 bits per heavy atom. The van der Waals surface area contributed by atoms with E-state index in [4.69, 9.17) is 23.2 Å². The smallest absolute Gasteiger partial charge is 0.303 e. The minimum Gasteiger partial charge on any atom is -0.481 e. The van der Waals surface area contributed by atoms with Crippen molar-refractivity contribution in [1.82, 2.24) is 5.32 Å². The first-order valence-corrected chi connectivity index (χ1v) is 10.7. The van der Waals surface area contributed by atoms with E-state index in [1.54, 1.807) is 24.3 Å². The van der Waals surface area contributed by atoms with E-state index in [2.05, 4.69) is 10.6 Å². The maximum Gasteiger partial charge on any atom is 0.303 e. The lowest BCUT2D eigenvalue weighted by atomic mass is 9.76. The first kappa shape index (κ1) is 20.9. The molecule has 0 radical (unpaired) electrons. The molecule has 3 aliphatic heterocycles. The van der Waals surface area contributed by atoms with Crippen molar-refractivity contribution in [2.24, 2.45) is 11.8 Å². The topological polar surface area (TPSA) is 116 Å². The Morgan fingerprint density at radius 3 is 2.53 bits per heavy atom. The van der Waals surface area contributed by atoms with Crippen LogP contribution in [0.1, 0.15) is 18.4 Å². The number of carbonyl (C=O) groups excluding carboxylic acids is 3. The number of anilines is 2. The molecule has 8 nitrogen and oxygen atoms in total. The SMILES string of the molecule is O=C(O)CC[C@@H]1N[C@]2(C(=O)Nc3ccccc32)[C@@H]2C(=O)N(c3ccc(Cl)c(Cl)c3)C(=O)[C@H]12. The Balaban J connectivity index is 1.64. The highest BCUT2D eigenvalue weighted by Gasteiger charge is 2.70. The Kier molecular flexibility index (Phi) is 4.77. The summed E-state index contributed by atoms with van der Waals surface area (Å²) in [5, 5.41) is 15.6. The van der Waals surface area contributed by atoms with Gasteiger partial charge in [0.05, 0.1) is 27.6 Å². The van der Waals surface area contributed by atoms with E-state index < -0.39 is 47.1 Å². The van der Waals surface area contributed by atoms with Crippen LogP contribution in [0.3, 0.4) is 0 Å². The largest absolute Gasteiger partial charge is 0.481 e. The fraction of sp³-hybridized carbons (Fsp3) is 0.273. The molecule has 0 unspecified atom stereocenters. The highest BCUT2D eigenvalue weighted by atomic mass is 35.5. The summed E-state index contributed by atoms with van der Waals surface area (Å²) in [7, 11) is 0. The molecular weight excluding hydrogens is 457 g/mol. The minimum absolute atomic E-state index is 0.0852. The van der Waals surface area contributed by atoms with Gasteiger partial charge in [-0.1, -0.05) is 41.4 Å². The van der Waals surface area contributed by atoms with Gasteiger partial charge in [-0.2, -0.15) is 0 Å². The second kappa shape index (κ2) is 7.30. The van der Waals surface area contributed by atoms with Crippen LogP contribution in [0.4, 0.5) is 11.4 Å². The van der Waals surface area contributed by atoms with Crippen LogP contribution in [0.15, 0.2) is 42.5 Å². The molecule has 3 N–H and O–H groups in total. The Morgan fingerprint density at radius 2 is 1.81 bits per heavy atom. The molecule has 0 bridgehead atoms. The summed E-state index contributed by atoms with van der Waals surface area (Å²) < 4.78 is 0. The molecule has 0 aromatic heterocycles. The van der Waals surface area contributed by atoms with Gasteiger partial charge in [0.15, 0.2) is 0 Å². The van der Waals surface area contributed by atoms with Crippen LogP contribution >= 0.6 is 23.2 Å². The number of hydrogen-bond donors (Lipinski definition) is 3. The van der Waals surface area contributed by atoms with Crippen molar-refractivity contribution in [2.75, 3.05) is 10.2 Å². The molecule has 2 aromatic rings. The number of para-hydroxylation sites is 1. The summed E-state index contributed by atoms with van der Waals surface area (Å²) in [5.74, 6) is -4.46. The summed E-state index contributed by atoms with van der Waals surface area (Å²) in [6.45, 7) is 0. The van der Waals surface area contributed by atoms with Gasteiger partial charge in [0.25, 0.3) is 0 Å². The first-order chi connectivity index (χ1) is 15.3. The zero-order valence-electron chi connectivity index (χ0n) is 16.5. The standard InChI is InChI=1S/C22H17Cl2N3O5/c23-12-6-5-10(9-13(12)24)27-19(30)17-15(7-8-16(28)29)26-22(18(17)20(27)31)11-3-1-2-4-14(11)25-21(22)32/h1-6,9,15,17-18,26H,7-8H2,(H,25,32)(H,28,29)/t15-,17+,18-,22-/m0/s1. The molecule has 0 saturated carbocycles. The lowest BCUT2D eigenvalue weighted by molar-refractivity contribution is -0.137. The number of carbonyl (C=O) groups is 4. The maximum absolute atomic E-state index is 13.7. The van der Waals surface area contributed by atoms with Crippen molar-refractivity contribution >= 4 is 58.3 Å². The minimum atomic E-state index is -1.47. The van der Waals surface area contributed by atoms with Crippen molar-refractivity contribution in [3.8, 4) is 0 Å². The van der Waals surface area contributed by atoms with Crippen molar-refractivity contribution < 1.29 is 24.3 Å². The Bertz CT molecular complexity index is 1200. The van der Waals surface area contributed by atoms with E-state index in [1.807, 2.05) is 0 Å². The number of carboxylic acid groups (broad SMARTS) is 1. The van der Waals surface area contributed by atoms with Crippen molar-refractivity contribution in [3.05, 3.63) is 58.1 Å². The monoisotopic (exact) mass is 473 g/mol. The zero-order chi connectivity index (χ0) is 22.8. The molecule has 4 atom stereocenters. The number of nitrogens with zero attached hydrogens (tertiary/aromatic N) is 1. The number of nitrogens with one attached hydrogen (secondary N) is 2. The fourth-order valence-electron chi connectivity index (χ4n) is 5.16. The number of fused-ring (bicyclic) bond motifs is 4. The van der Waals surface area contributed by atoms with Crippen LogP contribution < -0.4 is 15.5 Å². The second-order valence-corrected chi connectivity index (χ2v) is 8.92. The molecule has 3 heterocycles. The second-order valence-electron chi connectivity index (χ2n) is 8.10. The van der Waals surface area contributed by atoms with Crippen LogP contribution in [0, 0.1) is 11.8 Å². The predicted octanol–water partition coefficient (Wildman–Crippen LogP) is 2.78.